The fourth-order valence-electron chi connectivity index (χ4n) is 2.67. The third kappa shape index (κ3) is 2.55. The van der Waals surface area contributed by atoms with Gasteiger partial charge in [0.1, 0.15) is 6.73 Å². The van der Waals surface area contributed by atoms with E-state index < -0.39 is 11.6 Å². The third-order valence-corrected chi connectivity index (χ3v) is 3.77. The molecule has 92 valence electrons. The van der Waals surface area contributed by atoms with Gasteiger partial charge in [0.25, 0.3) is 0 Å². The molecule has 2 aliphatic rings. The molecule has 2 rings (SSSR count). The van der Waals surface area contributed by atoms with Crippen molar-refractivity contribution in [2.45, 2.75) is 50.5 Å². The number of ether oxygens (including phenoxy) is 1. The van der Waals surface area contributed by atoms with Gasteiger partial charge in [-0.3, -0.25) is 4.90 Å². The van der Waals surface area contributed by atoms with Gasteiger partial charge >= 0.3 is 5.97 Å². The molecule has 1 saturated heterocycles. The van der Waals surface area contributed by atoms with E-state index in [4.69, 9.17) is 4.74 Å². The minimum absolute atomic E-state index is 0.492. The summed E-state index contributed by atoms with van der Waals surface area (Å²) in [6, 6.07) is 0. The van der Waals surface area contributed by atoms with E-state index in [-0.39, 0.29) is 0 Å². The van der Waals surface area contributed by atoms with Gasteiger partial charge in [-0.15, -0.1) is 0 Å². The summed E-state index contributed by atoms with van der Waals surface area (Å²) >= 11 is 0. The second kappa shape index (κ2) is 5.15. The standard InChI is InChI=1S/C12H21NO3/c14-11(15)12(6-2-1-3-7-12)16-10-13-8-4-5-9-13/h1-10H2,(H,14,15). The molecule has 1 aliphatic heterocycles. The Balaban J connectivity index is 1.88. The molecule has 0 aromatic heterocycles. The lowest BCUT2D eigenvalue weighted by Gasteiger charge is -2.34. The lowest BCUT2D eigenvalue weighted by molar-refractivity contribution is -0.177. The molecule has 1 N–H and O–H groups in total. The molecular formula is C12H21NO3. The molecule has 0 aromatic rings. The Morgan fingerprint density at radius 2 is 1.75 bits per heavy atom. The zero-order valence-corrected chi connectivity index (χ0v) is 9.78. The number of carboxylic acid groups (broad SMARTS) is 1. The van der Waals surface area contributed by atoms with Crippen LogP contribution >= 0.6 is 0 Å². The number of carbonyl (C=O) groups is 1. The highest BCUT2D eigenvalue weighted by molar-refractivity contribution is 5.77. The molecule has 2 fully saturated rings. The van der Waals surface area contributed by atoms with Gasteiger partial charge in [-0.2, -0.15) is 0 Å². The number of nitrogens with zero attached hydrogens (tertiary/aromatic N) is 1. The molecular weight excluding hydrogens is 206 g/mol. The van der Waals surface area contributed by atoms with Gasteiger partial charge in [-0.25, -0.2) is 4.79 Å². The maximum Gasteiger partial charge on any atom is 0.336 e. The zero-order chi connectivity index (χ0) is 11.4. The topological polar surface area (TPSA) is 49.8 Å². The number of carboxylic acids is 1. The van der Waals surface area contributed by atoms with Crippen LogP contribution in [0, 0.1) is 0 Å². The summed E-state index contributed by atoms with van der Waals surface area (Å²) in [5, 5.41) is 9.32. The Kier molecular flexibility index (Phi) is 3.82. The highest BCUT2D eigenvalue weighted by Gasteiger charge is 2.41. The van der Waals surface area contributed by atoms with E-state index in [0.717, 1.165) is 32.4 Å². The number of rotatable bonds is 4. The predicted molar refractivity (Wildman–Crippen MR) is 60.2 cm³/mol. The lowest BCUT2D eigenvalue weighted by atomic mass is 9.85. The summed E-state index contributed by atoms with van der Waals surface area (Å²) in [6.07, 6.45) is 6.87. The van der Waals surface area contributed by atoms with Crippen molar-refractivity contribution in [1.29, 1.82) is 0 Å². The third-order valence-electron chi connectivity index (χ3n) is 3.77. The molecule has 0 amide bonds. The van der Waals surface area contributed by atoms with Crippen LogP contribution in [0.25, 0.3) is 0 Å². The van der Waals surface area contributed by atoms with Crippen molar-refractivity contribution in [2.24, 2.45) is 0 Å². The van der Waals surface area contributed by atoms with Gasteiger partial charge in [0.2, 0.25) is 0 Å². The van der Waals surface area contributed by atoms with Crippen molar-refractivity contribution in [3.05, 3.63) is 0 Å². The van der Waals surface area contributed by atoms with E-state index in [1.807, 2.05) is 0 Å². The molecule has 16 heavy (non-hydrogen) atoms. The van der Waals surface area contributed by atoms with Crippen LogP contribution in [0.5, 0.6) is 0 Å². The first-order chi connectivity index (χ1) is 7.73. The Morgan fingerprint density at radius 3 is 2.31 bits per heavy atom. The summed E-state index contributed by atoms with van der Waals surface area (Å²) in [4.78, 5) is 13.5. The van der Waals surface area contributed by atoms with Crippen molar-refractivity contribution in [3.8, 4) is 0 Å². The number of likely N-dealkylation sites (tertiary alicyclic amines) is 1. The Labute approximate surface area is 96.6 Å². The maximum absolute atomic E-state index is 11.3. The van der Waals surface area contributed by atoms with Crippen molar-refractivity contribution < 1.29 is 14.6 Å². The molecule has 0 aromatic carbocycles. The maximum atomic E-state index is 11.3. The summed E-state index contributed by atoms with van der Waals surface area (Å²) < 4.78 is 5.74. The highest BCUT2D eigenvalue weighted by Crippen LogP contribution is 2.32. The van der Waals surface area contributed by atoms with Crippen molar-refractivity contribution >= 4 is 5.97 Å². The minimum Gasteiger partial charge on any atom is -0.479 e. The first kappa shape index (κ1) is 11.9. The van der Waals surface area contributed by atoms with Crippen molar-refractivity contribution in [3.63, 3.8) is 0 Å². The van der Waals surface area contributed by atoms with Crippen LogP contribution in [-0.2, 0) is 9.53 Å². The van der Waals surface area contributed by atoms with E-state index in [0.29, 0.717) is 19.6 Å². The van der Waals surface area contributed by atoms with Gasteiger partial charge in [0, 0.05) is 13.1 Å². The van der Waals surface area contributed by atoms with Gasteiger partial charge in [-0.1, -0.05) is 6.42 Å². The monoisotopic (exact) mass is 227 g/mol. The van der Waals surface area contributed by atoms with Gasteiger partial charge in [0.05, 0.1) is 0 Å². The smallest absolute Gasteiger partial charge is 0.336 e. The number of hydrogen-bond donors (Lipinski definition) is 1. The van der Waals surface area contributed by atoms with Crippen LogP contribution in [0.15, 0.2) is 0 Å². The van der Waals surface area contributed by atoms with Crippen LogP contribution in [-0.4, -0.2) is 41.4 Å². The largest absolute Gasteiger partial charge is 0.479 e. The molecule has 0 unspecified atom stereocenters. The van der Waals surface area contributed by atoms with Gasteiger partial charge < -0.3 is 9.84 Å². The first-order valence-corrected chi connectivity index (χ1v) is 6.33. The lowest BCUT2D eigenvalue weighted by Crippen LogP contribution is -2.45. The number of hydrogen-bond acceptors (Lipinski definition) is 3. The molecule has 1 saturated carbocycles. The minimum atomic E-state index is -0.888. The van der Waals surface area contributed by atoms with Crippen LogP contribution in [0.4, 0.5) is 0 Å². The van der Waals surface area contributed by atoms with E-state index in [1.54, 1.807) is 0 Å². The average Bonchev–Trinajstić information content (AvgIpc) is 2.80. The predicted octanol–water partition coefficient (Wildman–Crippen LogP) is 1.84. The van der Waals surface area contributed by atoms with Crippen molar-refractivity contribution in [1.82, 2.24) is 4.90 Å². The first-order valence-electron chi connectivity index (χ1n) is 6.33. The highest BCUT2D eigenvalue weighted by atomic mass is 16.5. The van der Waals surface area contributed by atoms with E-state index in [9.17, 15) is 9.90 Å². The van der Waals surface area contributed by atoms with Gasteiger partial charge in [0.15, 0.2) is 5.60 Å². The summed E-state index contributed by atoms with van der Waals surface area (Å²) in [6.45, 7) is 2.59. The molecule has 4 nitrogen and oxygen atoms in total. The summed E-state index contributed by atoms with van der Waals surface area (Å²) in [7, 11) is 0. The fourth-order valence-corrected chi connectivity index (χ4v) is 2.67. The molecule has 4 heteroatoms. The second-order valence-electron chi connectivity index (χ2n) is 4.96. The number of aliphatic carboxylic acids is 1. The average molecular weight is 227 g/mol. The van der Waals surface area contributed by atoms with Crippen LogP contribution < -0.4 is 0 Å². The van der Waals surface area contributed by atoms with Crippen molar-refractivity contribution in [2.75, 3.05) is 19.8 Å². The molecule has 1 heterocycles. The SMILES string of the molecule is O=C(O)C1(OCN2CCCC2)CCCCC1. The fraction of sp³-hybridized carbons (Fsp3) is 0.917. The van der Waals surface area contributed by atoms with Gasteiger partial charge in [-0.05, 0) is 38.5 Å². The summed E-state index contributed by atoms with van der Waals surface area (Å²) in [5.74, 6) is -0.772. The molecule has 0 radical (unpaired) electrons. The van der Waals surface area contributed by atoms with E-state index >= 15 is 0 Å². The quantitative estimate of drug-likeness (QED) is 0.796. The Hall–Kier alpha value is -0.610. The van der Waals surface area contributed by atoms with Crippen LogP contribution in [0.3, 0.4) is 0 Å². The summed E-state index contributed by atoms with van der Waals surface area (Å²) in [5.41, 5.74) is -0.888. The zero-order valence-electron chi connectivity index (χ0n) is 9.78. The normalized spacial score (nSPS) is 25.8. The van der Waals surface area contributed by atoms with E-state index in [1.165, 1.54) is 12.8 Å². The van der Waals surface area contributed by atoms with E-state index in [2.05, 4.69) is 4.90 Å². The molecule has 0 bridgehead atoms. The van der Waals surface area contributed by atoms with Crippen LogP contribution in [0.1, 0.15) is 44.9 Å². The molecule has 1 aliphatic carbocycles. The Bertz CT molecular complexity index is 243. The second-order valence-corrected chi connectivity index (χ2v) is 4.96. The molecule has 0 atom stereocenters. The molecule has 0 spiro atoms. The Morgan fingerprint density at radius 1 is 1.12 bits per heavy atom. The van der Waals surface area contributed by atoms with Crippen LogP contribution in [0.2, 0.25) is 0 Å².